The number of aliphatic hydroxyl groups excluding tert-OH is 1. The number of nitrogens with zero attached hydrogens (tertiary/aromatic N) is 1. The number of carbonyl (C=O) groups is 2. The maximum atomic E-state index is 14.4. The van der Waals surface area contributed by atoms with Crippen LogP contribution in [0.5, 0.6) is 0 Å². The van der Waals surface area contributed by atoms with Gasteiger partial charge in [0.25, 0.3) is 0 Å². The summed E-state index contributed by atoms with van der Waals surface area (Å²) in [4.78, 5) is 32.5. The summed E-state index contributed by atoms with van der Waals surface area (Å²) in [6, 6.07) is 8.00. The summed E-state index contributed by atoms with van der Waals surface area (Å²) < 4.78 is 20.3. The third-order valence-electron chi connectivity index (χ3n) is 12.9. The van der Waals surface area contributed by atoms with Gasteiger partial charge in [0.15, 0.2) is 18.5 Å². The summed E-state index contributed by atoms with van der Waals surface area (Å²) >= 11 is 3.47. The third kappa shape index (κ3) is 5.74. The molecule has 9 atom stereocenters. The molecule has 1 aliphatic heterocycles. The number of hydrogen-bond donors (Lipinski definition) is 1. The molecule has 260 valence electrons. The van der Waals surface area contributed by atoms with Crippen LogP contribution in [0.15, 0.2) is 57.7 Å². The van der Waals surface area contributed by atoms with E-state index in [-0.39, 0.29) is 53.9 Å². The maximum Gasteiger partial charge on any atom is 0.306 e. The number of rotatable bonds is 9. The van der Waals surface area contributed by atoms with Gasteiger partial charge >= 0.3 is 5.97 Å². The van der Waals surface area contributed by atoms with Crippen molar-refractivity contribution in [1.29, 1.82) is 0 Å². The predicted octanol–water partition coefficient (Wildman–Crippen LogP) is 7.61. The molecule has 0 aromatic heterocycles. The second-order valence-electron chi connectivity index (χ2n) is 15.5. The number of fused-ring (bicyclic) bond motifs is 7. The first-order valence-corrected chi connectivity index (χ1v) is 18.9. The average Bonchev–Trinajstić information content (AvgIpc) is 3.58. The molecule has 8 nitrogen and oxygen atoms in total. The summed E-state index contributed by atoms with van der Waals surface area (Å²) in [6.45, 7) is 6.38. The molecule has 1 heterocycles. The zero-order valence-corrected chi connectivity index (χ0v) is 30.1. The summed E-state index contributed by atoms with van der Waals surface area (Å²) in [7, 11) is 0. The van der Waals surface area contributed by atoms with Gasteiger partial charge < -0.3 is 24.2 Å². The van der Waals surface area contributed by atoms with Gasteiger partial charge in [-0.05, 0) is 86.6 Å². The van der Waals surface area contributed by atoms with Gasteiger partial charge in [0.05, 0.1) is 12.2 Å². The second kappa shape index (κ2) is 13.4. The van der Waals surface area contributed by atoms with Crippen molar-refractivity contribution in [3.8, 4) is 0 Å². The number of aliphatic hydroxyl groups is 1. The summed E-state index contributed by atoms with van der Waals surface area (Å²) in [6.07, 6.45) is 14.3. The van der Waals surface area contributed by atoms with Crippen molar-refractivity contribution in [2.75, 3.05) is 6.61 Å². The van der Waals surface area contributed by atoms with E-state index in [0.717, 1.165) is 54.3 Å². The molecule has 0 bridgehead atoms. The van der Waals surface area contributed by atoms with Crippen LogP contribution in [0.4, 0.5) is 0 Å². The summed E-state index contributed by atoms with van der Waals surface area (Å²) in [5.41, 5.74) is 0.843. The van der Waals surface area contributed by atoms with Crippen molar-refractivity contribution in [1.82, 2.24) is 0 Å². The van der Waals surface area contributed by atoms with Gasteiger partial charge in [-0.3, -0.25) is 9.59 Å². The molecule has 1 unspecified atom stereocenters. The number of ketones is 1. The molecule has 5 aliphatic carbocycles. The molecule has 4 saturated carbocycles. The second-order valence-corrected chi connectivity index (χ2v) is 16.5. The highest BCUT2D eigenvalue weighted by Crippen LogP contribution is 2.70. The van der Waals surface area contributed by atoms with Crippen molar-refractivity contribution in [2.24, 2.45) is 39.7 Å². The first kappa shape index (κ1) is 34.1. The number of halogens is 1. The van der Waals surface area contributed by atoms with Crippen molar-refractivity contribution in [3.05, 3.63) is 58.1 Å². The molecule has 48 heavy (non-hydrogen) atoms. The number of ether oxygens (including phenoxy) is 3. The Hall–Kier alpha value is -2.33. The van der Waals surface area contributed by atoms with E-state index in [1.165, 1.54) is 12.0 Å². The van der Waals surface area contributed by atoms with E-state index < -0.39 is 29.5 Å². The van der Waals surface area contributed by atoms with Crippen LogP contribution >= 0.6 is 15.9 Å². The minimum Gasteiger partial charge on any atom is -0.458 e. The zero-order chi connectivity index (χ0) is 33.7. The van der Waals surface area contributed by atoms with Crippen LogP contribution in [0.2, 0.25) is 0 Å². The Bertz CT molecular complexity index is 1480. The van der Waals surface area contributed by atoms with Gasteiger partial charge in [0.2, 0.25) is 5.78 Å². The number of oxime groups is 1. The molecule has 1 saturated heterocycles. The monoisotopic (exact) mass is 723 g/mol. The Morgan fingerprint density at radius 3 is 2.62 bits per heavy atom. The highest BCUT2D eigenvalue weighted by atomic mass is 79.9. The molecule has 6 aliphatic rings. The average molecular weight is 725 g/mol. The van der Waals surface area contributed by atoms with Gasteiger partial charge in [-0.25, -0.2) is 0 Å². The fourth-order valence-corrected chi connectivity index (χ4v) is 10.8. The number of Topliss-reactive ketones (excluding diaryl/α,β-unsaturated/α-hetero) is 1. The SMILES string of the molecule is CCCC(=O)OCC(=O)[C@@]12OC(C3CCCCC3)O[C@@H]1C[C@H]1[C@@H]3CCC4=CC(=NOCc5ccc(Br)cc5)C=C[C@]4(C)[C@H]3[C@@H](O)C[C@@]12C. The lowest BCUT2D eigenvalue weighted by atomic mass is 9.46. The van der Waals surface area contributed by atoms with Crippen LogP contribution in [0, 0.1) is 34.5 Å². The standard InChI is InChI=1S/C39H50BrNO7/c1-4-8-34(44)45-23-32(43)39-33(47-36(48-39)25-9-6-5-7-10-25)20-30-29-16-13-26-19-28(41-46-22-24-11-14-27(40)15-12-24)17-18-37(26,2)35(29)31(42)21-38(30,39)3/h11-12,14-15,17-19,25,29-31,33,35-36,42H,4-10,13,16,20-23H2,1-3H3/t29-,30-,31-,33+,35+,36?,37-,38-,39+/m0/s1. The van der Waals surface area contributed by atoms with Crippen LogP contribution < -0.4 is 0 Å². The lowest BCUT2D eigenvalue weighted by Gasteiger charge is -2.59. The molecule has 0 radical (unpaired) electrons. The number of hydrogen-bond acceptors (Lipinski definition) is 8. The molecule has 0 spiro atoms. The van der Waals surface area contributed by atoms with Crippen molar-refractivity contribution in [2.45, 2.75) is 122 Å². The normalized spacial score (nSPS) is 39.6. The molecule has 9 heteroatoms. The van der Waals surface area contributed by atoms with Crippen molar-refractivity contribution < 1.29 is 33.7 Å². The smallest absolute Gasteiger partial charge is 0.306 e. The van der Waals surface area contributed by atoms with Crippen LogP contribution in [0.1, 0.15) is 97.0 Å². The largest absolute Gasteiger partial charge is 0.458 e. The van der Waals surface area contributed by atoms with E-state index >= 15 is 0 Å². The van der Waals surface area contributed by atoms with E-state index in [1.807, 2.05) is 37.3 Å². The van der Waals surface area contributed by atoms with E-state index in [1.54, 1.807) is 0 Å². The molecular weight excluding hydrogens is 674 g/mol. The van der Waals surface area contributed by atoms with E-state index in [2.05, 4.69) is 47.1 Å². The quantitative estimate of drug-likeness (QED) is 0.207. The van der Waals surface area contributed by atoms with E-state index in [4.69, 9.17) is 19.0 Å². The molecule has 1 aromatic rings. The fourth-order valence-electron chi connectivity index (χ4n) is 10.6. The Kier molecular flexibility index (Phi) is 9.54. The van der Waals surface area contributed by atoms with Gasteiger partial charge in [-0.15, -0.1) is 0 Å². The topological polar surface area (TPSA) is 104 Å². The highest BCUT2D eigenvalue weighted by Gasteiger charge is 2.76. The predicted molar refractivity (Wildman–Crippen MR) is 185 cm³/mol. The molecule has 1 N–H and O–H groups in total. The van der Waals surface area contributed by atoms with Crippen LogP contribution in [0.25, 0.3) is 0 Å². The number of benzene rings is 1. The van der Waals surface area contributed by atoms with Crippen LogP contribution in [0.3, 0.4) is 0 Å². The minimum atomic E-state index is -1.25. The van der Waals surface area contributed by atoms with Gasteiger partial charge in [-0.2, -0.15) is 0 Å². The van der Waals surface area contributed by atoms with Gasteiger partial charge in [0.1, 0.15) is 12.3 Å². The van der Waals surface area contributed by atoms with Crippen LogP contribution in [-0.4, -0.2) is 53.3 Å². The molecule has 5 fully saturated rings. The number of esters is 1. The van der Waals surface area contributed by atoms with Gasteiger partial charge in [0, 0.05) is 33.6 Å². The fraction of sp³-hybridized carbons (Fsp3) is 0.667. The van der Waals surface area contributed by atoms with E-state index in [0.29, 0.717) is 25.9 Å². The highest BCUT2D eigenvalue weighted by molar-refractivity contribution is 9.10. The van der Waals surface area contributed by atoms with Crippen molar-refractivity contribution >= 4 is 33.4 Å². The van der Waals surface area contributed by atoms with Crippen molar-refractivity contribution in [3.63, 3.8) is 0 Å². The third-order valence-corrected chi connectivity index (χ3v) is 13.4. The lowest BCUT2D eigenvalue weighted by Crippen LogP contribution is -2.63. The molecular formula is C39H50BrNO7. The Balaban J connectivity index is 1.13. The number of allylic oxidation sites excluding steroid dienone is 4. The molecule has 7 rings (SSSR count). The first-order valence-electron chi connectivity index (χ1n) is 18.1. The summed E-state index contributed by atoms with van der Waals surface area (Å²) in [5, 5.41) is 16.6. The Morgan fingerprint density at radius 1 is 1.10 bits per heavy atom. The molecule has 0 amide bonds. The number of carbonyl (C=O) groups excluding carboxylic acids is 2. The van der Waals surface area contributed by atoms with Gasteiger partial charge in [-0.1, -0.05) is 84.9 Å². The van der Waals surface area contributed by atoms with Crippen LogP contribution in [-0.2, 0) is 35.2 Å². The minimum absolute atomic E-state index is 0.0143. The zero-order valence-electron chi connectivity index (χ0n) is 28.5. The molecule has 1 aromatic carbocycles. The summed E-state index contributed by atoms with van der Waals surface area (Å²) in [5.74, 6) is -0.0429. The van der Waals surface area contributed by atoms with E-state index in [9.17, 15) is 14.7 Å². The Labute approximate surface area is 292 Å². The first-order chi connectivity index (χ1) is 23.1. The lowest BCUT2D eigenvalue weighted by molar-refractivity contribution is -0.210. The maximum absolute atomic E-state index is 14.4. The Morgan fingerprint density at radius 2 is 1.88 bits per heavy atom.